The Balaban J connectivity index is 1.94. The molecular formula is C17H24N2O4S. The quantitative estimate of drug-likeness (QED) is 0.818. The number of hydrogen-bond donors (Lipinski definition) is 2. The van der Waals surface area contributed by atoms with Crippen molar-refractivity contribution in [2.24, 2.45) is 0 Å². The summed E-state index contributed by atoms with van der Waals surface area (Å²) in [5.74, 6) is 1.07. The van der Waals surface area contributed by atoms with Gasteiger partial charge in [0.15, 0.2) is 11.5 Å². The Morgan fingerprint density at radius 1 is 1.17 bits per heavy atom. The van der Waals surface area contributed by atoms with Crippen LogP contribution in [0.5, 0.6) is 11.5 Å². The van der Waals surface area contributed by atoms with Gasteiger partial charge in [0, 0.05) is 16.9 Å². The van der Waals surface area contributed by atoms with Crippen LogP contribution in [0.25, 0.3) is 0 Å². The fourth-order valence-electron chi connectivity index (χ4n) is 2.06. The van der Waals surface area contributed by atoms with Gasteiger partial charge in [0.25, 0.3) is 0 Å². The molecule has 0 saturated heterocycles. The average molecular weight is 352 g/mol. The van der Waals surface area contributed by atoms with Gasteiger partial charge in [-0.3, -0.25) is 10.1 Å². The van der Waals surface area contributed by atoms with E-state index >= 15 is 0 Å². The third kappa shape index (κ3) is 5.63. The second-order valence-electron chi connectivity index (χ2n) is 6.61. The van der Waals surface area contributed by atoms with Gasteiger partial charge in [-0.2, -0.15) is 0 Å². The minimum Gasteiger partial charge on any atom is -0.490 e. The molecule has 6 nitrogen and oxygen atoms in total. The Labute approximate surface area is 146 Å². The summed E-state index contributed by atoms with van der Waals surface area (Å²) in [6, 6.07) is 5.11. The number of nitrogens with one attached hydrogen (secondary N) is 2. The molecule has 0 radical (unpaired) electrons. The van der Waals surface area contributed by atoms with E-state index in [0.29, 0.717) is 19.0 Å². The van der Waals surface area contributed by atoms with E-state index in [1.165, 1.54) is 11.8 Å². The lowest BCUT2D eigenvalue weighted by molar-refractivity contribution is -0.119. The lowest BCUT2D eigenvalue weighted by atomic mass is 10.1. The monoisotopic (exact) mass is 352 g/mol. The zero-order valence-corrected chi connectivity index (χ0v) is 15.3. The number of imide groups is 1. The Morgan fingerprint density at radius 2 is 1.83 bits per heavy atom. The highest BCUT2D eigenvalue weighted by Gasteiger charge is 2.21. The van der Waals surface area contributed by atoms with Crippen molar-refractivity contribution < 1.29 is 19.1 Å². The number of urea groups is 1. The van der Waals surface area contributed by atoms with Crippen molar-refractivity contribution in [3.05, 3.63) is 18.2 Å². The van der Waals surface area contributed by atoms with Crippen LogP contribution in [0.4, 0.5) is 4.79 Å². The summed E-state index contributed by atoms with van der Waals surface area (Å²) >= 11 is 1.36. The number of ether oxygens (including phenoxy) is 2. The third-order valence-electron chi connectivity index (χ3n) is 3.13. The molecule has 1 heterocycles. The molecule has 2 N–H and O–H groups in total. The van der Waals surface area contributed by atoms with Gasteiger partial charge < -0.3 is 14.8 Å². The van der Waals surface area contributed by atoms with Crippen LogP contribution in [-0.2, 0) is 4.79 Å². The van der Waals surface area contributed by atoms with Crippen LogP contribution in [0.3, 0.4) is 0 Å². The topological polar surface area (TPSA) is 76.7 Å². The summed E-state index contributed by atoms with van der Waals surface area (Å²) in [5.41, 5.74) is -0.394. The first-order valence-electron chi connectivity index (χ1n) is 7.94. The van der Waals surface area contributed by atoms with Crippen molar-refractivity contribution in [2.45, 2.75) is 49.8 Å². The molecule has 1 aromatic rings. The van der Waals surface area contributed by atoms with Gasteiger partial charge in [0.1, 0.15) is 0 Å². The van der Waals surface area contributed by atoms with Crippen LogP contribution in [0, 0.1) is 0 Å². The maximum atomic E-state index is 12.1. The zero-order chi connectivity index (χ0) is 17.7. The highest BCUT2D eigenvalue weighted by Crippen LogP contribution is 2.35. The normalized spacial score (nSPS) is 15.2. The molecule has 3 amide bonds. The fraction of sp³-hybridized carbons (Fsp3) is 0.529. The van der Waals surface area contributed by atoms with E-state index in [9.17, 15) is 9.59 Å². The molecule has 0 aromatic heterocycles. The average Bonchev–Trinajstić information content (AvgIpc) is 2.69. The summed E-state index contributed by atoms with van der Waals surface area (Å²) < 4.78 is 11.2. The third-order valence-corrected chi connectivity index (χ3v) is 4.22. The van der Waals surface area contributed by atoms with Crippen molar-refractivity contribution in [2.75, 3.05) is 13.2 Å². The molecule has 24 heavy (non-hydrogen) atoms. The van der Waals surface area contributed by atoms with Crippen molar-refractivity contribution in [1.29, 1.82) is 0 Å². The number of amides is 3. The molecule has 0 unspecified atom stereocenters. The molecule has 0 aliphatic carbocycles. The zero-order valence-electron chi connectivity index (χ0n) is 14.5. The van der Waals surface area contributed by atoms with Crippen LogP contribution in [0.15, 0.2) is 23.1 Å². The van der Waals surface area contributed by atoms with E-state index in [-0.39, 0.29) is 5.91 Å². The second-order valence-corrected chi connectivity index (χ2v) is 8.03. The number of rotatable bonds is 3. The lowest BCUT2D eigenvalue weighted by Gasteiger charge is -2.21. The Kier molecular flexibility index (Phi) is 5.99. The molecule has 1 atom stereocenters. The van der Waals surface area contributed by atoms with Crippen LogP contribution in [0.1, 0.15) is 34.1 Å². The van der Waals surface area contributed by atoms with E-state index in [0.717, 1.165) is 17.1 Å². The van der Waals surface area contributed by atoms with Crippen LogP contribution < -0.4 is 20.1 Å². The van der Waals surface area contributed by atoms with Gasteiger partial charge in [-0.25, -0.2) is 4.79 Å². The first kappa shape index (κ1) is 18.4. The van der Waals surface area contributed by atoms with E-state index in [1.54, 1.807) is 6.92 Å². The Bertz CT molecular complexity index is 613. The van der Waals surface area contributed by atoms with Crippen LogP contribution in [-0.4, -0.2) is 35.9 Å². The molecule has 0 bridgehead atoms. The van der Waals surface area contributed by atoms with Crippen molar-refractivity contribution >= 4 is 23.7 Å². The lowest BCUT2D eigenvalue weighted by Crippen LogP contribution is -2.49. The van der Waals surface area contributed by atoms with Crippen molar-refractivity contribution in [1.82, 2.24) is 10.6 Å². The molecule has 7 heteroatoms. The van der Waals surface area contributed by atoms with Crippen LogP contribution >= 0.6 is 11.8 Å². The van der Waals surface area contributed by atoms with Gasteiger partial charge >= 0.3 is 6.03 Å². The summed E-state index contributed by atoms with van der Waals surface area (Å²) in [4.78, 5) is 24.8. The molecular weight excluding hydrogens is 328 g/mol. The predicted molar refractivity (Wildman–Crippen MR) is 93.8 cm³/mol. The van der Waals surface area contributed by atoms with E-state index in [1.807, 2.05) is 39.0 Å². The first-order chi connectivity index (χ1) is 11.2. The smallest absolute Gasteiger partial charge is 0.321 e. The number of hydrogen-bond acceptors (Lipinski definition) is 5. The molecule has 1 aliphatic heterocycles. The van der Waals surface area contributed by atoms with Gasteiger partial charge in [0.05, 0.1) is 18.5 Å². The molecule has 0 saturated carbocycles. The second kappa shape index (κ2) is 7.79. The van der Waals surface area contributed by atoms with Crippen molar-refractivity contribution in [3.63, 3.8) is 0 Å². The molecule has 0 spiro atoms. The summed E-state index contributed by atoms with van der Waals surface area (Å²) in [7, 11) is 0. The molecule has 1 aliphatic rings. The number of benzene rings is 1. The maximum absolute atomic E-state index is 12.1. The SMILES string of the molecule is C[C@H](Sc1ccc2c(c1)OCCCO2)C(=O)NC(=O)NC(C)(C)C. The number of carbonyl (C=O) groups is 2. The number of thioether (sulfide) groups is 1. The van der Waals surface area contributed by atoms with E-state index in [4.69, 9.17) is 9.47 Å². The number of fused-ring (bicyclic) bond motifs is 1. The number of carbonyl (C=O) groups excluding carboxylic acids is 2. The summed E-state index contributed by atoms with van der Waals surface area (Å²) in [6.07, 6.45) is 0.846. The Morgan fingerprint density at radius 3 is 2.50 bits per heavy atom. The Hall–Kier alpha value is -1.89. The minimum absolute atomic E-state index is 0.339. The molecule has 0 fully saturated rings. The maximum Gasteiger partial charge on any atom is 0.321 e. The van der Waals surface area contributed by atoms with Gasteiger partial charge in [-0.15, -0.1) is 11.8 Å². The standard InChI is InChI=1S/C17H24N2O4S/c1-11(15(20)18-16(21)19-17(2,3)4)24-12-6-7-13-14(10-12)23-9-5-8-22-13/h6-7,10-11H,5,8-9H2,1-4H3,(H2,18,19,20,21)/t11-/m0/s1. The van der Waals surface area contributed by atoms with Crippen LogP contribution in [0.2, 0.25) is 0 Å². The predicted octanol–water partition coefficient (Wildman–Crippen LogP) is 2.95. The van der Waals surface area contributed by atoms with Crippen molar-refractivity contribution in [3.8, 4) is 11.5 Å². The summed E-state index contributed by atoms with van der Waals surface area (Å²) in [6.45, 7) is 8.58. The molecule has 132 valence electrons. The first-order valence-corrected chi connectivity index (χ1v) is 8.82. The fourth-order valence-corrected chi connectivity index (χ4v) is 2.96. The summed E-state index contributed by atoms with van der Waals surface area (Å²) in [5, 5.41) is 4.65. The minimum atomic E-state index is -0.487. The molecule has 1 aromatic carbocycles. The van der Waals surface area contributed by atoms with Gasteiger partial charge in [-0.05, 0) is 45.9 Å². The largest absolute Gasteiger partial charge is 0.490 e. The van der Waals surface area contributed by atoms with E-state index in [2.05, 4.69) is 10.6 Å². The highest BCUT2D eigenvalue weighted by atomic mass is 32.2. The van der Waals surface area contributed by atoms with Gasteiger partial charge in [-0.1, -0.05) is 0 Å². The molecule has 2 rings (SSSR count). The van der Waals surface area contributed by atoms with Gasteiger partial charge in [0.2, 0.25) is 5.91 Å². The van der Waals surface area contributed by atoms with E-state index < -0.39 is 16.8 Å². The highest BCUT2D eigenvalue weighted by molar-refractivity contribution is 8.00.